The van der Waals surface area contributed by atoms with Gasteiger partial charge in [-0.2, -0.15) is 0 Å². The molecule has 6 nitrogen and oxygen atoms in total. The molecule has 6 heteroatoms. The molecule has 2 N–H and O–H groups in total. The average molecular weight is 440 g/mol. The molecule has 0 radical (unpaired) electrons. The molecule has 0 atom stereocenters. The number of anilines is 2. The van der Waals surface area contributed by atoms with E-state index in [1.165, 1.54) is 0 Å². The maximum Gasteiger partial charge on any atom is 0.141 e. The molecule has 4 rings (SSSR count). The highest BCUT2D eigenvalue weighted by Gasteiger charge is 2.10. The molecule has 0 saturated carbocycles. The number of terminal acetylenes is 1. The molecule has 2 aromatic carbocycles. The van der Waals surface area contributed by atoms with Gasteiger partial charge in [-0.1, -0.05) is 25.8 Å². The van der Waals surface area contributed by atoms with Crippen molar-refractivity contribution in [1.29, 1.82) is 0 Å². The Morgan fingerprint density at radius 2 is 1.91 bits per heavy atom. The Labute approximate surface area is 195 Å². The molecule has 33 heavy (non-hydrogen) atoms. The van der Waals surface area contributed by atoms with Crippen LogP contribution in [-0.4, -0.2) is 41.0 Å². The first kappa shape index (κ1) is 22.5. The third kappa shape index (κ3) is 5.58. The molecular formula is C27H29N5O. The second kappa shape index (κ2) is 10.8. The van der Waals surface area contributed by atoms with Crippen molar-refractivity contribution in [2.24, 2.45) is 0 Å². The summed E-state index contributed by atoms with van der Waals surface area (Å²) in [7, 11) is 0. The van der Waals surface area contributed by atoms with Gasteiger partial charge in [-0.3, -0.25) is 0 Å². The minimum absolute atomic E-state index is 0.705. The summed E-state index contributed by atoms with van der Waals surface area (Å²) in [6.07, 6.45) is 7.09. The molecular weight excluding hydrogens is 410 g/mol. The van der Waals surface area contributed by atoms with Crippen molar-refractivity contribution < 1.29 is 4.42 Å². The van der Waals surface area contributed by atoms with Crippen LogP contribution in [-0.2, 0) is 6.54 Å². The van der Waals surface area contributed by atoms with Crippen molar-refractivity contribution in [1.82, 2.24) is 20.2 Å². The van der Waals surface area contributed by atoms with Crippen LogP contribution >= 0.6 is 0 Å². The van der Waals surface area contributed by atoms with Gasteiger partial charge in [0.2, 0.25) is 0 Å². The van der Waals surface area contributed by atoms with E-state index in [4.69, 9.17) is 10.8 Å². The van der Waals surface area contributed by atoms with E-state index in [2.05, 4.69) is 51.3 Å². The third-order valence-electron chi connectivity index (χ3n) is 5.67. The molecule has 2 heterocycles. The van der Waals surface area contributed by atoms with Gasteiger partial charge in [0, 0.05) is 35.3 Å². The lowest BCUT2D eigenvalue weighted by molar-refractivity contribution is 0.300. The van der Waals surface area contributed by atoms with E-state index in [-0.39, 0.29) is 0 Å². The molecule has 0 fully saturated rings. The lowest BCUT2D eigenvalue weighted by Gasteiger charge is -2.17. The minimum Gasteiger partial charge on any atom is -0.460 e. The van der Waals surface area contributed by atoms with Crippen molar-refractivity contribution in [3.05, 3.63) is 72.2 Å². The summed E-state index contributed by atoms with van der Waals surface area (Å²) in [5.41, 5.74) is 3.53. The van der Waals surface area contributed by atoms with Gasteiger partial charge < -0.3 is 20.0 Å². The monoisotopic (exact) mass is 439 g/mol. The van der Waals surface area contributed by atoms with Crippen LogP contribution in [0.25, 0.3) is 22.2 Å². The van der Waals surface area contributed by atoms with Gasteiger partial charge in [0.05, 0.1) is 12.1 Å². The summed E-state index contributed by atoms with van der Waals surface area (Å²) in [5.74, 6) is 5.12. The number of hydrogen-bond acceptors (Lipinski definition) is 6. The second-order valence-corrected chi connectivity index (χ2v) is 7.77. The normalized spacial score (nSPS) is 11.1. The number of fused-ring (bicyclic) bond motifs is 1. The topological polar surface area (TPSA) is 66.2 Å². The average Bonchev–Trinajstić information content (AvgIpc) is 3.33. The second-order valence-electron chi connectivity index (χ2n) is 7.77. The fraction of sp³-hybridized carbons (Fsp3) is 0.259. The highest BCUT2D eigenvalue weighted by molar-refractivity contribution is 5.93. The fourth-order valence-corrected chi connectivity index (χ4v) is 3.75. The highest BCUT2D eigenvalue weighted by Crippen LogP contribution is 2.29. The summed E-state index contributed by atoms with van der Waals surface area (Å²) < 4.78 is 6.11. The molecule has 0 amide bonds. The number of nitrogens with zero attached hydrogens (tertiary/aromatic N) is 3. The Kier molecular flexibility index (Phi) is 7.36. The predicted octanol–water partition coefficient (Wildman–Crippen LogP) is 5.05. The summed E-state index contributed by atoms with van der Waals surface area (Å²) in [6, 6.07) is 17.8. The van der Waals surface area contributed by atoms with E-state index in [1.807, 2.05) is 48.5 Å². The molecule has 0 aliphatic carbocycles. The largest absolute Gasteiger partial charge is 0.460 e. The Morgan fingerprint density at radius 3 is 2.73 bits per heavy atom. The van der Waals surface area contributed by atoms with Gasteiger partial charge in [-0.25, -0.2) is 9.97 Å². The molecule has 2 aromatic heterocycles. The van der Waals surface area contributed by atoms with Gasteiger partial charge in [0.25, 0.3) is 0 Å². The van der Waals surface area contributed by atoms with E-state index in [1.54, 1.807) is 6.33 Å². The number of hydrogen-bond donors (Lipinski definition) is 2. The zero-order valence-corrected chi connectivity index (χ0v) is 19.1. The van der Waals surface area contributed by atoms with Gasteiger partial charge >= 0.3 is 0 Å². The van der Waals surface area contributed by atoms with E-state index < -0.39 is 0 Å². The summed E-state index contributed by atoms with van der Waals surface area (Å²) in [4.78, 5) is 11.3. The number of aromatic nitrogens is 2. The van der Waals surface area contributed by atoms with Crippen LogP contribution < -0.4 is 10.6 Å². The smallest absolute Gasteiger partial charge is 0.141 e. The van der Waals surface area contributed by atoms with E-state index in [9.17, 15) is 0 Å². The van der Waals surface area contributed by atoms with Crippen molar-refractivity contribution in [2.75, 3.05) is 31.5 Å². The first-order chi connectivity index (χ1) is 16.2. The zero-order valence-electron chi connectivity index (χ0n) is 19.1. The lowest BCUT2D eigenvalue weighted by Crippen LogP contribution is -2.31. The van der Waals surface area contributed by atoms with Crippen molar-refractivity contribution in [3.8, 4) is 23.7 Å². The van der Waals surface area contributed by atoms with Crippen LogP contribution in [0.2, 0.25) is 0 Å². The molecule has 0 bridgehead atoms. The third-order valence-corrected chi connectivity index (χ3v) is 5.67. The number of rotatable bonds is 10. The number of nitrogens with one attached hydrogen (secondary N) is 2. The first-order valence-electron chi connectivity index (χ1n) is 11.3. The number of likely N-dealkylation sites (N-methyl/N-ethyl adjacent to an activating group) is 1. The summed E-state index contributed by atoms with van der Waals surface area (Å²) in [5, 5.41) is 7.74. The SMILES string of the molecule is C#Cc1cccc(Nc2ncnc3ccc(-c4ccc(CNCCN(CC)CC)o4)cc23)c1. The van der Waals surface area contributed by atoms with Crippen molar-refractivity contribution >= 4 is 22.4 Å². The molecule has 0 aliphatic rings. The Morgan fingerprint density at radius 1 is 1.03 bits per heavy atom. The number of benzene rings is 2. The maximum absolute atomic E-state index is 6.11. The number of furan rings is 1. The standard InChI is InChI=1S/C27H29N5O/c1-4-20-8-7-9-22(16-20)31-27-24-17-21(10-12-25(24)29-19-30-27)26-13-11-23(33-26)18-28-14-15-32(5-2)6-3/h1,7-13,16-17,19,28H,5-6,14-15,18H2,2-3H3,(H,29,30,31). The fourth-order valence-electron chi connectivity index (χ4n) is 3.75. The van der Waals surface area contributed by atoms with Crippen LogP contribution in [0, 0.1) is 12.3 Å². The molecule has 0 aliphatic heterocycles. The van der Waals surface area contributed by atoms with E-state index in [0.717, 1.165) is 71.2 Å². The molecule has 0 unspecified atom stereocenters. The van der Waals surface area contributed by atoms with Gasteiger partial charge in [-0.15, -0.1) is 6.42 Å². The van der Waals surface area contributed by atoms with Crippen LogP contribution in [0.5, 0.6) is 0 Å². The zero-order chi connectivity index (χ0) is 23.0. The maximum atomic E-state index is 6.11. The van der Waals surface area contributed by atoms with Crippen molar-refractivity contribution in [2.45, 2.75) is 20.4 Å². The minimum atomic E-state index is 0.705. The van der Waals surface area contributed by atoms with Crippen molar-refractivity contribution in [3.63, 3.8) is 0 Å². The lowest BCUT2D eigenvalue weighted by atomic mass is 10.1. The summed E-state index contributed by atoms with van der Waals surface area (Å²) in [6.45, 7) is 9.18. The van der Waals surface area contributed by atoms with E-state index in [0.29, 0.717) is 6.54 Å². The van der Waals surface area contributed by atoms with Crippen LogP contribution in [0.4, 0.5) is 11.5 Å². The quantitative estimate of drug-likeness (QED) is 0.266. The molecule has 168 valence electrons. The molecule has 0 saturated heterocycles. The predicted molar refractivity (Wildman–Crippen MR) is 134 cm³/mol. The Hall–Kier alpha value is -3.66. The first-order valence-corrected chi connectivity index (χ1v) is 11.3. The Balaban J connectivity index is 1.50. The van der Waals surface area contributed by atoms with Gasteiger partial charge in [0.1, 0.15) is 23.7 Å². The van der Waals surface area contributed by atoms with Gasteiger partial charge in [0.15, 0.2) is 0 Å². The van der Waals surface area contributed by atoms with Crippen LogP contribution in [0.15, 0.2) is 65.3 Å². The molecule has 4 aromatic rings. The van der Waals surface area contributed by atoms with E-state index >= 15 is 0 Å². The van der Waals surface area contributed by atoms with Crippen LogP contribution in [0.3, 0.4) is 0 Å². The van der Waals surface area contributed by atoms with Crippen LogP contribution in [0.1, 0.15) is 25.2 Å². The summed E-state index contributed by atoms with van der Waals surface area (Å²) >= 11 is 0. The highest BCUT2D eigenvalue weighted by atomic mass is 16.3. The van der Waals surface area contributed by atoms with Gasteiger partial charge in [-0.05, 0) is 61.6 Å². The molecule has 0 spiro atoms. The Bertz CT molecular complexity index is 1250.